The first-order valence-corrected chi connectivity index (χ1v) is 10.6. The molecule has 0 saturated carbocycles. The number of fused-ring (bicyclic) bond motifs is 1. The summed E-state index contributed by atoms with van der Waals surface area (Å²) in [6.45, 7) is 0. The molecule has 32 heavy (non-hydrogen) atoms. The first kappa shape index (κ1) is 20.2. The number of methoxy groups -OCH3 is 1. The Morgan fingerprint density at radius 3 is 2.53 bits per heavy atom. The van der Waals surface area contributed by atoms with E-state index >= 15 is 0 Å². The lowest BCUT2D eigenvalue weighted by Gasteiger charge is -2.23. The van der Waals surface area contributed by atoms with Gasteiger partial charge >= 0.3 is 0 Å². The number of ether oxygens (including phenoxy) is 2. The lowest BCUT2D eigenvalue weighted by Crippen LogP contribution is -2.31. The van der Waals surface area contributed by atoms with Gasteiger partial charge in [-0.15, -0.1) is 0 Å². The molecule has 5 rings (SSSR count). The first-order valence-electron chi connectivity index (χ1n) is 9.74. The minimum Gasteiger partial charge on any atom is -0.481 e. The summed E-state index contributed by atoms with van der Waals surface area (Å²) >= 11 is 1.29. The van der Waals surface area contributed by atoms with Gasteiger partial charge in [0.1, 0.15) is 22.8 Å². The molecule has 0 saturated heterocycles. The second kappa shape index (κ2) is 8.45. The Bertz CT molecular complexity index is 1270. The van der Waals surface area contributed by atoms with Gasteiger partial charge in [0.15, 0.2) is 0 Å². The average molecular weight is 447 g/mol. The number of hydrogen-bond donors (Lipinski definition) is 1. The van der Waals surface area contributed by atoms with Gasteiger partial charge in [0.05, 0.1) is 23.3 Å². The van der Waals surface area contributed by atoms with Gasteiger partial charge in [-0.05, 0) is 48.5 Å². The summed E-state index contributed by atoms with van der Waals surface area (Å²) in [4.78, 5) is 15.4. The predicted molar refractivity (Wildman–Crippen MR) is 121 cm³/mol. The maximum Gasteiger partial charge on any atom is 0.246 e. The number of aromatic nitrogens is 3. The fourth-order valence-electron chi connectivity index (χ4n) is 3.51. The molecule has 0 spiro atoms. The third-order valence-electron chi connectivity index (χ3n) is 4.91. The van der Waals surface area contributed by atoms with E-state index in [1.165, 1.54) is 17.8 Å². The van der Waals surface area contributed by atoms with Gasteiger partial charge in [0, 0.05) is 24.3 Å². The van der Waals surface area contributed by atoms with E-state index in [4.69, 9.17) is 15.2 Å². The standard InChI is InChI=1S/C23H18FN5O2S/c1-30-21-16(4-3-11-27-21)19-22(28-13-12-26-19)31-15-9-7-14(8-10-15)29-18-6-2-5-17(24)20(18)32-23(29)25/h2-13,23H,25H2,1H3. The third-order valence-corrected chi connectivity index (χ3v) is 6.00. The van der Waals surface area contributed by atoms with Gasteiger partial charge in [-0.25, -0.2) is 19.3 Å². The molecule has 0 aliphatic carbocycles. The molecule has 3 heterocycles. The monoisotopic (exact) mass is 447 g/mol. The molecule has 2 aromatic heterocycles. The van der Waals surface area contributed by atoms with E-state index < -0.39 is 5.50 Å². The number of anilines is 2. The molecule has 2 aromatic carbocycles. The second-order valence-corrected chi connectivity index (χ2v) is 7.96. The molecular weight excluding hydrogens is 429 g/mol. The summed E-state index contributed by atoms with van der Waals surface area (Å²) in [5.74, 6) is 1.05. The van der Waals surface area contributed by atoms with Crippen LogP contribution in [0.15, 0.2) is 78.1 Å². The highest BCUT2D eigenvalue weighted by molar-refractivity contribution is 8.00. The van der Waals surface area contributed by atoms with Crippen molar-refractivity contribution in [1.29, 1.82) is 0 Å². The Labute approximate surface area is 188 Å². The summed E-state index contributed by atoms with van der Waals surface area (Å²) in [5.41, 5.74) is 8.61. The van der Waals surface area contributed by atoms with Crippen molar-refractivity contribution in [1.82, 2.24) is 15.0 Å². The van der Waals surface area contributed by atoms with Crippen molar-refractivity contribution in [3.05, 3.63) is 79.0 Å². The van der Waals surface area contributed by atoms with E-state index in [0.717, 1.165) is 11.4 Å². The molecule has 160 valence electrons. The third kappa shape index (κ3) is 3.61. The minimum atomic E-state index is -0.418. The van der Waals surface area contributed by atoms with Crippen LogP contribution in [0.4, 0.5) is 15.8 Å². The Balaban J connectivity index is 1.43. The van der Waals surface area contributed by atoms with Crippen LogP contribution in [-0.2, 0) is 0 Å². The van der Waals surface area contributed by atoms with Crippen LogP contribution in [0.5, 0.6) is 17.5 Å². The molecular formula is C23H18FN5O2S. The molecule has 4 aromatic rings. The van der Waals surface area contributed by atoms with Crippen LogP contribution in [-0.4, -0.2) is 27.6 Å². The van der Waals surface area contributed by atoms with Gasteiger partial charge in [-0.1, -0.05) is 17.8 Å². The van der Waals surface area contributed by atoms with Crippen LogP contribution >= 0.6 is 11.8 Å². The van der Waals surface area contributed by atoms with Gasteiger partial charge in [0.25, 0.3) is 0 Å². The molecule has 0 amide bonds. The Morgan fingerprint density at radius 1 is 0.938 bits per heavy atom. The molecule has 0 radical (unpaired) electrons. The lowest BCUT2D eigenvalue weighted by atomic mass is 10.2. The summed E-state index contributed by atoms with van der Waals surface area (Å²) in [6, 6.07) is 16.0. The zero-order valence-corrected chi connectivity index (χ0v) is 17.8. The summed E-state index contributed by atoms with van der Waals surface area (Å²) in [7, 11) is 1.55. The normalized spacial score (nSPS) is 14.8. The van der Waals surface area contributed by atoms with Crippen LogP contribution in [0.2, 0.25) is 0 Å². The fraction of sp³-hybridized carbons (Fsp3) is 0.0870. The highest BCUT2D eigenvalue weighted by Crippen LogP contribution is 2.47. The molecule has 0 fully saturated rings. The van der Waals surface area contributed by atoms with Crippen LogP contribution in [0, 0.1) is 5.82 Å². The minimum absolute atomic E-state index is 0.272. The smallest absolute Gasteiger partial charge is 0.246 e. The number of rotatable bonds is 5. The second-order valence-electron chi connectivity index (χ2n) is 6.83. The van der Waals surface area contributed by atoms with Crippen molar-refractivity contribution < 1.29 is 13.9 Å². The van der Waals surface area contributed by atoms with Gasteiger partial charge in [0.2, 0.25) is 11.8 Å². The molecule has 1 aliphatic heterocycles. The highest BCUT2D eigenvalue weighted by Gasteiger charge is 2.30. The largest absolute Gasteiger partial charge is 0.481 e. The van der Waals surface area contributed by atoms with E-state index in [2.05, 4.69) is 15.0 Å². The van der Waals surface area contributed by atoms with Crippen molar-refractivity contribution >= 4 is 23.1 Å². The van der Waals surface area contributed by atoms with E-state index in [0.29, 0.717) is 33.7 Å². The SMILES string of the molecule is COc1ncccc1-c1nccnc1Oc1ccc(N2c3cccc(F)c3SC2N)cc1. The van der Waals surface area contributed by atoms with Crippen molar-refractivity contribution in [2.24, 2.45) is 5.73 Å². The topological polar surface area (TPSA) is 86.4 Å². The molecule has 7 nitrogen and oxygen atoms in total. The van der Waals surface area contributed by atoms with Crippen LogP contribution in [0.25, 0.3) is 11.3 Å². The van der Waals surface area contributed by atoms with Gasteiger partial charge in [-0.2, -0.15) is 0 Å². The van der Waals surface area contributed by atoms with Crippen LogP contribution in [0.3, 0.4) is 0 Å². The number of pyridine rings is 1. The average Bonchev–Trinajstić information content (AvgIpc) is 3.17. The Morgan fingerprint density at radius 2 is 1.72 bits per heavy atom. The zero-order chi connectivity index (χ0) is 22.1. The summed E-state index contributed by atoms with van der Waals surface area (Å²) in [6.07, 6.45) is 4.78. The van der Waals surface area contributed by atoms with E-state index in [-0.39, 0.29) is 5.82 Å². The highest BCUT2D eigenvalue weighted by atomic mass is 32.2. The Hall–Kier alpha value is -3.69. The quantitative estimate of drug-likeness (QED) is 0.459. The number of halogens is 1. The zero-order valence-electron chi connectivity index (χ0n) is 17.0. The maximum atomic E-state index is 14.1. The lowest BCUT2D eigenvalue weighted by molar-refractivity contribution is 0.398. The first-order chi connectivity index (χ1) is 15.7. The molecule has 1 atom stereocenters. The van der Waals surface area contributed by atoms with Crippen molar-refractivity contribution in [3.8, 4) is 28.8 Å². The maximum absolute atomic E-state index is 14.1. The van der Waals surface area contributed by atoms with Crippen molar-refractivity contribution in [2.45, 2.75) is 10.4 Å². The van der Waals surface area contributed by atoms with Crippen LogP contribution in [0.1, 0.15) is 0 Å². The number of benzene rings is 2. The van der Waals surface area contributed by atoms with Crippen molar-refractivity contribution in [3.63, 3.8) is 0 Å². The number of nitrogens with two attached hydrogens (primary N) is 1. The van der Waals surface area contributed by atoms with E-state index in [9.17, 15) is 4.39 Å². The van der Waals surface area contributed by atoms with E-state index in [1.54, 1.807) is 37.8 Å². The van der Waals surface area contributed by atoms with E-state index in [1.807, 2.05) is 41.3 Å². The van der Waals surface area contributed by atoms with Gasteiger partial charge < -0.3 is 20.1 Å². The molecule has 0 bridgehead atoms. The molecule has 1 unspecified atom stereocenters. The number of nitrogens with zero attached hydrogens (tertiary/aromatic N) is 4. The molecule has 9 heteroatoms. The Kier molecular flexibility index (Phi) is 5.34. The predicted octanol–water partition coefficient (Wildman–Crippen LogP) is 4.96. The van der Waals surface area contributed by atoms with Crippen molar-refractivity contribution in [2.75, 3.05) is 12.0 Å². The van der Waals surface area contributed by atoms with Crippen LogP contribution < -0.4 is 20.1 Å². The fourth-order valence-corrected chi connectivity index (χ4v) is 4.56. The van der Waals surface area contributed by atoms with Gasteiger partial charge in [-0.3, -0.25) is 0 Å². The number of hydrogen-bond acceptors (Lipinski definition) is 8. The molecule has 2 N–H and O–H groups in total. The molecule has 1 aliphatic rings. The summed E-state index contributed by atoms with van der Waals surface area (Å²) in [5, 5.41) is 0. The number of thioether (sulfide) groups is 1. The summed E-state index contributed by atoms with van der Waals surface area (Å²) < 4.78 is 25.5.